The number of aliphatic hydroxyl groups is 1. The van der Waals surface area contributed by atoms with Gasteiger partial charge in [-0.15, -0.1) is 0 Å². The average Bonchev–Trinajstić information content (AvgIpc) is 1.87. The highest BCUT2D eigenvalue weighted by molar-refractivity contribution is 5.21. The fraction of sp³-hybridized carbons (Fsp3) is 0.143. The highest BCUT2D eigenvalue weighted by Crippen LogP contribution is 1.93. The van der Waals surface area contributed by atoms with Crippen molar-refractivity contribution in [3.05, 3.63) is 36.3 Å². The van der Waals surface area contributed by atoms with Gasteiger partial charge in [-0.05, 0) is 19.1 Å². The van der Waals surface area contributed by atoms with Gasteiger partial charge in [0.2, 0.25) is 0 Å². The maximum Gasteiger partial charge on any atom is 0.113 e. The molecule has 0 amide bonds. The third-order valence-electron chi connectivity index (χ3n) is 0.846. The summed E-state index contributed by atoms with van der Waals surface area (Å²) in [6.45, 7) is 5.14. The summed E-state index contributed by atoms with van der Waals surface area (Å²) >= 11 is 0. The van der Waals surface area contributed by atoms with Crippen LogP contribution < -0.4 is 5.73 Å². The third-order valence-corrected chi connectivity index (χ3v) is 0.846. The average molecular weight is 125 g/mol. The summed E-state index contributed by atoms with van der Waals surface area (Å²) in [5.74, 6) is 0.160. The minimum atomic E-state index is 0.160. The molecule has 0 rings (SSSR count). The lowest BCUT2D eigenvalue weighted by Crippen LogP contribution is -1.92. The van der Waals surface area contributed by atoms with E-state index >= 15 is 0 Å². The number of rotatable bonds is 2. The molecule has 0 aromatic carbocycles. The van der Waals surface area contributed by atoms with Crippen molar-refractivity contribution in [1.82, 2.24) is 0 Å². The first-order chi connectivity index (χ1) is 4.20. The Morgan fingerprint density at radius 3 is 2.56 bits per heavy atom. The standard InChI is InChI=1S/C7H11NO/c1-3-6(8)5-7(9)4-2/h3-5,9H,1,8H2,2H3/b6-5+,7-4+. The molecule has 0 atom stereocenters. The van der Waals surface area contributed by atoms with Crippen molar-refractivity contribution in [1.29, 1.82) is 0 Å². The Kier molecular flexibility index (Phi) is 3.28. The van der Waals surface area contributed by atoms with Gasteiger partial charge >= 0.3 is 0 Å². The van der Waals surface area contributed by atoms with Crippen LogP contribution in [0.25, 0.3) is 0 Å². The van der Waals surface area contributed by atoms with E-state index in [9.17, 15) is 0 Å². The monoisotopic (exact) mass is 125 g/mol. The molecule has 0 aliphatic carbocycles. The quantitative estimate of drug-likeness (QED) is 0.433. The van der Waals surface area contributed by atoms with Crippen LogP contribution in [0.15, 0.2) is 36.3 Å². The van der Waals surface area contributed by atoms with Gasteiger partial charge < -0.3 is 10.8 Å². The number of aliphatic hydroxyl groups excluding tert-OH is 1. The first-order valence-corrected chi connectivity index (χ1v) is 2.65. The highest BCUT2D eigenvalue weighted by Gasteiger charge is 1.82. The lowest BCUT2D eigenvalue weighted by Gasteiger charge is -1.90. The molecule has 3 N–H and O–H groups in total. The van der Waals surface area contributed by atoms with Crippen LogP contribution in [0.2, 0.25) is 0 Å². The summed E-state index contributed by atoms with van der Waals surface area (Å²) in [4.78, 5) is 0. The molecule has 0 aromatic rings. The van der Waals surface area contributed by atoms with Crippen molar-refractivity contribution in [2.24, 2.45) is 5.73 Å². The van der Waals surface area contributed by atoms with Crippen molar-refractivity contribution in [3.8, 4) is 0 Å². The van der Waals surface area contributed by atoms with Gasteiger partial charge in [0.15, 0.2) is 0 Å². The zero-order valence-corrected chi connectivity index (χ0v) is 5.46. The van der Waals surface area contributed by atoms with Gasteiger partial charge in [-0.1, -0.05) is 6.58 Å². The Morgan fingerprint density at radius 2 is 2.22 bits per heavy atom. The van der Waals surface area contributed by atoms with Crippen LogP contribution in [0.1, 0.15) is 6.92 Å². The molecule has 0 spiro atoms. The molecular weight excluding hydrogens is 114 g/mol. The van der Waals surface area contributed by atoms with Crippen LogP contribution in [0.5, 0.6) is 0 Å². The Balaban J connectivity index is 4.11. The van der Waals surface area contributed by atoms with Crippen LogP contribution >= 0.6 is 0 Å². The van der Waals surface area contributed by atoms with Gasteiger partial charge in [0.25, 0.3) is 0 Å². The highest BCUT2D eigenvalue weighted by atomic mass is 16.3. The molecule has 9 heavy (non-hydrogen) atoms. The number of hydrogen-bond donors (Lipinski definition) is 2. The Hall–Kier alpha value is -1.18. The second-order valence-electron chi connectivity index (χ2n) is 1.56. The molecule has 0 fully saturated rings. The summed E-state index contributed by atoms with van der Waals surface area (Å²) in [5.41, 5.74) is 5.76. The molecule has 2 nitrogen and oxygen atoms in total. The predicted octanol–water partition coefficient (Wildman–Crippen LogP) is 1.48. The normalized spacial score (nSPS) is 13.4. The van der Waals surface area contributed by atoms with Crippen molar-refractivity contribution in [2.45, 2.75) is 6.92 Å². The van der Waals surface area contributed by atoms with Crippen LogP contribution in [0.4, 0.5) is 0 Å². The van der Waals surface area contributed by atoms with E-state index in [0.717, 1.165) is 0 Å². The third kappa shape index (κ3) is 3.41. The van der Waals surface area contributed by atoms with Crippen molar-refractivity contribution in [2.75, 3.05) is 0 Å². The van der Waals surface area contributed by atoms with E-state index in [4.69, 9.17) is 10.8 Å². The number of hydrogen-bond acceptors (Lipinski definition) is 2. The molecule has 0 bridgehead atoms. The molecule has 0 saturated heterocycles. The molecular formula is C7H11NO. The minimum Gasteiger partial charge on any atom is -0.508 e. The van der Waals surface area contributed by atoms with Crippen molar-refractivity contribution < 1.29 is 5.11 Å². The second-order valence-corrected chi connectivity index (χ2v) is 1.56. The van der Waals surface area contributed by atoms with E-state index in [2.05, 4.69) is 6.58 Å². The van der Waals surface area contributed by atoms with Crippen molar-refractivity contribution >= 4 is 0 Å². The molecule has 0 unspecified atom stereocenters. The van der Waals surface area contributed by atoms with E-state index < -0.39 is 0 Å². The summed E-state index contributed by atoms with van der Waals surface area (Å²) in [7, 11) is 0. The molecule has 0 radical (unpaired) electrons. The summed E-state index contributed by atoms with van der Waals surface area (Å²) in [5, 5.41) is 8.82. The maximum absolute atomic E-state index is 8.82. The van der Waals surface area contributed by atoms with Crippen LogP contribution in [0, 0.1) is 0 Å². The lowest BCUT2D eigenvalue weighted by atomic mass is 10.3. The smallest absolute Gasteiger partial charge is 0.113 e. The zero-order valence-electron chi connectivity index (χ0n) is 5.46. The fourth-order valence-electron chi connectivity index (χ4n) is 0.313. The number of allylic oxidation sites excluding steroid dienone is 3. The maximum atomic E-state index is 8.82. The summed E-state index contributed by atoms with van der Waals surface area (Å²) in [6.07, 6.45) is 4.46. The van der Waals surface area contributed by atoms with E-state index in [1.165, 1.54) is 12.2 Å². The topological polar surface area (TPSA) is 46.2 Å². The van der Waals surface area contributed by atoms with Gasteiger partial charge in [0.05, 0.1) is 0 Å². The van der Waals surface area contributed by atoms with Gasteiger partial charge in [0, 0.05) is 11.8 Å². The molecule has 0 aliphatic heterocycles. The van der Waals surface area contributed by atoms with Crippen LogP contribution in [-0.2, 0) is 0 Å². The van der Waals surface area contributed by atoms with E-state index in [1.54, 1.807) is 13.0 Å². The Labute approximate surface area is 55.0 Å². The zero-order chi connectivity index (χ0) is 7.28. The van der Waals surface area contributed by atoms with E-state index in [0.29, 0.717) is 5.70 Å². The van der Waals surface area contributed by atoms with Gasteiger partial charge in [-0.2, -0.15) is 0 Å². The van der Waals surface area contributed by atoms with Gasteiger partial charge in [-0.25, -0.2) is 0 Å². The van der Waals surface area contributed by atoms with E-state index in [-0.39, 0.29) is 5.76 Å². The Morgan fingerprint density at radius 1 is 1.67 bits per heavy atom. The Bertz CT molecular complexity index is 156. The van der Waals surface area contributed by atoms with Gasteiger partial charge in [0.1, 0.15) is 5.76 Å². The second kappa shape index (κ2) is 3.78. The fourth-order valence-corrected chi connectivity index (χ4v) is 0.313. The molecule has 50 valence electrons. The van der Waals surface area contributed by atoms with E-state index in [1.807, 2.05) is 0 Å². The largest absolute Gasteiger partial charge is 0.508 e. The van der Waals surface area contributed by atoms with Crippen molar-refractivity contribution in [3.63, 3.8) is 0 Å². The van der Waals surface area contributed by atoms with Gasteiger partial charge in [-0.3, -0.25) is 0 Å². The SMILES string of the molecule is C=C/C(N)=C\C(O)=C/C. The van der Waals surface area contributed by atoms with Crippen LogP contribution in [-0.4, -0.2) is 5.11 Å². The molecule has 0 saturated carbocycles. The molecule has 2 heteroatoms. The lowest BCUT2D eigenvalue weighted by molar-refractivity contribution is 0.431. The minimum absolute atomic E-state index is 0.160. The number of nitrogens with two attached hydrogens (primary N) is 1. The summed E-state index contributed by atoms with van der Waals surface area (Å²) < 4.78 is 0. The van der Waals surface area contributed by atoms with Crippen LogP contribution in [0.3, 0.4) is 0 Å². The summed E-state index contributed by atoms with van der Waals surface area (Å²) in [6, 6.07) is 0. The predicted molar refractivity (Wildman–Crippen MR) is 38.9 cm³/mol. The molecule has 0 heterocycles. The first-order valence-electron chi connectivity index (χ1n) is 2.65. The first kappa shape index (κ1) is 7.82. The molecule has 0 aromatic heterocycles. The molecule has 0 aliphatic rings.